The average molecular weight is 238 g/mol. The summed E-state index contributed by atoms with van der Waals surface area (Å²) in [5, 5.41) is 11.6. The van der Waals surface area contributed by atoms with Gasteiger partial charge in [-0.25, -0.2) is 0 Å². The third-order valence-electron chi connectivity index (χ3n) is 2.56. The molecule has 2 N–H and O–H groups in total. The molecule has 0 saturated carbocycles. The molecule has 0 aliphatic carbocycles. The van der Waals surface area contributed by atoms with Crippen molar-refractivity contribution in [3.05, 3.63) is 34.7 Å². The molecule has 0 radical (unpaired) electrons. The third kappa shape index (κ3) is 4.40. The van der Waals surface area contributed by atoms with E-state index in [0.717, 1.165) is 0 Å². The number of nitrogens with one attached hydrogen (secondary N) is 1. The third-order valence-corrected chi connectivity index (χ3v) is 2.56. The lowest BCUT2D eigenvalue weighted by Gasteiger charge is -2.14. The van der Waals surface area contributed by atoms with Crippen molar-refractivity contribution >= 4 is 5.91 Å². The number of carbonyl (C=O) groups is 1. The molecule has 1 rings (SSSR count). The van der Waals surface area contributed by atoms with Crippen LogP contribution in [0, 0.1) is 0 Å². The smallest absolute Gasteiger partial charge is 0.250 e. The second-order valence-electron chi connectivity index (χ2n) is 3.84. The molecule has 17 heavy (non-hydrogen) atoms. The minimum Gasteiger partial charge on any atom is -0.394 e. The topological polar surface area (TPSA) is 71.3 Å². The molecule has 5 nitrogen and oxygen atoms in total. The summed E-state index contributed by atoms with van der Waals surface area (Å²) in [4.78, 5) is 22.9. The first-order chi connectivity index (χ1) is 8.17. The maximum atomic E-state index is 11.5. The van der Waals surface area contributed by atoms with Crippen LogP contribution < -0.4 is 10.9 Å². The number of aryl methyl sites for hydroxylation is 1. The van der Waals surface area contributed by atoms with Gasteiger partial charge in [0, 0.05) is 25.2 Å². The Labute approximate surface area is 100 Å². The van der Waals surface area contributed by atoms with Crippen molar-refractivity contribution in [1.29, 1.82) is 0 Å². The highest BCUT2D eigenvalue weighted by atomic mass is 16.3. The molecule has 0 aromatic carbocycles. The number of aromatic nitrogens is 1. The molecule has 1 heterocycles. The van der Waals surface area contributed by atoms with Crippen molar-refractivity contribution in [2.24, 2.45) is 0 Å². The van der Waals surface area contributed by atoms with E-state index in [1.807, 2.05) is 6.92 Å². The number of aliphatic hydroxyl groups is 1. The van der Waals surface area contributed by atoms with Crippen LogP contribution in [0.5, 0.6) is 0 Å². The van der Waals surface area contributed by atoms with Gasteiger partial charge in [0.05, 0.1) is 12.6 Å². The predicted molar refractivity (Wildman–Crippen MR) is 64.6 cm³/mol. The Morgan fingerprint density at radius 3 is 2.88 bits per heavy atom. The summed E-state index contributed by atoms with van der Waals surface area (Å²) in [6.45, 7) is 2.18. The zero-order chi connectivity index (χ0) is 12.7. The number of carbonyl (C=O) groups excluding carboxylic acids is 1. The van der Waals surface area contributed by atoms with E-state index < -0.39 is 0 Å². The number of rotatable bonds is 6. The van der Waals surface area contributed by atoms with Crippen molar-refractivity contribution in [3.8, 4) is 0 Å². The van der Waals surface area contributed by atoms with Gasteiger partial charge in [-0.2, -0.15) is 0 Å². The number of pyridine rings is 1. The van der Waals surface area contributed by atoms with Crippen LogP contribution in [-0.4, -0.2) is 28.2 Å². The number of hydrogen-bond acceptors (Lipinski definition) is 3. The molecule has 1 atom stereocenters. The van der Waals surface area contributed by atoms with Gasteiger partial charge < -0.3 is 15.0 Å². The normalized spacial score (nSPS) is 12.1. The molecule has 1 unspecified atom stereocenters. The van der Waals surface area contributed by atoms with Crippen molar-refractivity contribution in [2.75, 3.05) is 6.61 Å². The van der Waals surface area contributed by atoms with E-state index in [4.69, 9.17) is 5.11 Å². The Morgan fingerprint density at radius 1 is 1.53 bits per heavy atom. The molecule has 0 bridgehead atoms. The fraction of sp³-hybridized carbons (Fsp3) is 0.500. The van der Waals surface area contributed by atoms with Gasteiger partial charge in [-0.1, -0.05) is 13.0 Å². The lowest BCUT2D eigenvalue weighted by Crippen LogP contribution is -2.37. The van der Waals surface area contributed by atoms with Crippen LogP contribution in [0.15, 0.2) is 29.2 Å². The van der Waals surface area contributed by atoms with Gasteiger partial charge in [-0.05, 0) is 12.5 Å². The summed E-state index contributed by atoms with van der Waals surface area (Å²) >= 11 is 0. The maximum absolute atomic E-state index is 11.5. The molecule has 94 valence electrons. The predicted octanol–water partition coefficient (Wildman–Crippen LogP) is 0.125. The molecule has 5 heteroatoms. The van der Waals surface area contributed by atoms with Gasteiger partial charge in [-0.3, -0.25) is 9.59 Å². The second kappa shape index (κ2) is 6.85. The largest absolute Gasteiger partial charge is 0.394 e. The summed E-state index contributed by atoms with van der Waals surface area (Å²) in [7, 11) is 0. The number of hydrogen-bond donors (Lipinski definition) is 2. The first-order valence-corrected chi connectivity index (χ1v) is 5.73. The van der Waals surface area contributed by atoms with Gasteiger partial charge in [0.2, 0.25) is 5.91 Å². The highest BCUT2D eigenvalue weighted by Gasteiger charge is 2.08. The van der Waals surface area contributed by atoms with Crippen LogP contribution in [0.2, 0.25) is 0 Å². The summed E-state index contributed by atoms with van der Waals surface area (Å²) in [6.07, 6.45) is 2.58. The van der Waals surface area contributed by atoms with E-state index in [1.54, 1.807) is 18.3 Å². The monoisotopic (exact) mass is 238 g/mol. The number of nitrogens with zero attached hydrogens (tertiary/aromatic N) is 1. The van der Waals surface area contributed by atoms with Crippen molar-refractivity contribution < 1.29 is 9.90 Å². The van der Waals surface area contributed by atoms with Gasteiger partial charge in [-0.15, -0.1) is 0 Å². The van der Waals surface area contributed by atoms with Crippen LogP contribution in [0.25, 0.3) is 0 Å². The zero-order valence-electron chi connectivity index (χ0n) is 9.93. The molecular weight excluding hydrogens is 220 g/mol. The Morgan fingerprint density at radius 2 is 2.29 bits per heavy atom. The first kappa shape index (κ1) is 13.4. The van der Waals surface area contributed by atoms with Crippen LogP contribution >= 0.6 is 0 Å². The van der Waals surface area contributed by atoms with Gasteiger partial charge in [0.25, 0.3) is 5.56 Å². The molecule has 0 aliphatic rings. The molecule has 0 spiro atoms. The minimum absolute atomic E-state index is 0.0620. The molecule has 0 fully saturated rings. The molecule has 1 aromatic rings. The number of aliphatic hydroxyl groups excluding tert-OH is 1. The van der Waals surface area contributed by atoms with Crippen LogP contribution in [0.4, 0.5) is 0 Å². The van der Waals surface area contributed by atoms with Crippen molar-refractivity contribution in [3.63, 3.8) is 0 Å². The highest BCUT2D eigenvalue weighted by Crippen LogP contribution is 1.92. The Kier molecular flexibility index (Phi) is 5.42. The Balaban J connectivity index is 2.43. The van der Waals surface area contributed by atoms with E-state index in [9.17, 15) is 9.59 Å². The van der Waals surface area contributed by atoms with Gasteiger partial charge >= 0.3 is 0 Å². The van der Waals surface area contributed by atoms with E-state index in [1.165, 1.54) is 10.6 Å². The van der Waals surface area contributed by atoms with Crippen molar-refractivity contribution in [2.45, 2.75) is 32.4 Å². The molecule has 1 aromatic heterocycles. The SMILES string of the molecule is CCC(CO)NC(=O)CCn1ccccc1=O. The lowest BCUT2D eigenvalue weighted by molar-refractivity contribution is -0.122. The first-order valence-electron chi connectivity index (χ1n) is 5.73. The van der Waals surface area contributed by atoms with Crippen LogP contribution in [0.3, 0.4) is 0 Å². The molecule has 0 saturated heterocycles. The second-order valence-corrected chi connectivity index (χ2v) is 3.84. The van der Waals surface area contributed by atoms with E-state index >= 15 is 0 Å². The van der Waals surface area contributed by atoms with Crippen molar-refractivity contribution in [1.82, 2.24) is 9.88 Å². The van der Waals surface area contributed by atoms with E-state index in [2.05, 4.69) is 5.32 Å². The van der Waals surface area contributed by atoms with Gasteiger partial charge in [0.15, 0.2) is 0 Å². The van der Waals surface area contributed by atoms with E-state index in [0.29, 0.717) is 13.0 Å². The fourth-order valence-electron chi connectivity index (χ4n) is 1.44. The molecule has 0 aliphatic heterocycles. The zero-order valence-corrected chi connectivity index (χ0v) is 9.93. The summed E-state index contributed by atoms with van der Waals surface area (Å²) in [6, 6.07) is 4.68. The van der Waals surface area contributed by atoms with E-state index in [-0.39, 0.29) is 30.5 Å². The standard InChI is InChI=1S/C12H18N2O3/c1-2-10(9-15)13-11(16)6-8-14-7-4-3-5-12(14)17/h3-5,7,10,15H,2,6,8-9H2,1H3,(H,13,16). The summed E-state index contributed by atoms with van der Waals surface area (Å²) < 4.78 is 1.49. The minimum atomic E-state index is -0.199. The maximum Gasteiger partial charge on any atom is 0.250 e. The van der Waals surface area contributed by atoms with Crippen LogP contribution in [-0.2, 0) is 11.3 Å². The molecule has 1 amide bonds. The fourth-order valence-corrected chi connectivity index (χ4v) is 1.44. The Hall–Kier alpha value is -1.62. The Bertz CT molecular complexity index is 410. The summed E-state index contributed by atoms with van der Waals surface area (Å²) in [5.41, 5.74) is -0.116. The summed E-state index contributed by atoms with van der Waals surface area (Å²) in [5.74, 6) is -0.151. The number of amides is 1. The lowest BCUT2D eigenvalue weighted by atomic mass is 10.2. The highest BCUT2D eigenvalue weighted by molar-refractivity contribution is 5.76. The quantitative estimate of drug-likeness (QED) is 0.739. The van der Waals surface area contributed by atoms with Gasteiger partial charge in [0.1, 0.15) is 0 Å². The van der Waals surface area contributed by atoms with Crippen LogP contribution in [0.1, 0.15) is 19.8 Å². The molecular formula is C12H18N2O3. The average Bonchev–Trinajstić information content (AvgIpc) is 2.35.